The van der Waals surface area contributed by atoms with Gasteiger partial charge in [0, 0.05) is 0 Å². The van der Waals surface area contributed by atoms with Crippen LogP contribution >= 0.6 is 0 Å². The fourth-order valence-electron chi connectivity index (χ4n) is 1.38. The quantitative estimate of drug-likeness (QED) is 0.488. The van der Waals surface area contributed by atoms with Crippen molar-refractivity contribution in [3.05, 3.63) is 0 Å². The second kappa shape index (κ2) is 9.19. The molecule has 94 valence electrons. The Kier molecular flexibility index (Phi) is 8.58. The summed E-state index contributed by atoms with van der Waals surface area (Å²) in [6.45, 7) is 4.28. The van der Waals surface area contributed by atoms with Crippen LogP contribution in [-0.4, -0.2) is 23.7 Å². The minimum atomic E-state index is -0.926. The molecule has 0 aliphatic carbocycles. The third-order valence-corrected chi connectivity index (χ3v) is 2.52. The van der Waals surface area contributed by atoms with Crippen molar-refractivity contribution in [3.8, 4) is 0 Å². The standard InChI is InChI=1S/C12H22O4/c1-3-5-6-7-8-16-11(13)9-10(4-2)12(14)15/h10H,3-9H2,1-2H3,(H,14,15). The number of ether oxygens (including phenoxy) is 1. The molecule has 0 aliphatic rings. The molecule has 1 atom stereocenters. The highest BCUT2D eigenvalue weighted by Crippen LogP contribution is 2.09. The lowest BCUT2D eigenvalue weighted by Crippen LogP contribution is -2.19. The Bertz CT molecular complexity index is 213. The highest BCUT2D eigenvalue weighted by atomic mass is 16.5. The Labute approximate surface area is 97.0 Å². The molecule has 0 aliphatic heterocycles. The fourth-order valence-corrected chi connectivity index (χ4v) is 1.38. The summed E-state index contributed by atoms with van der Waals surface area (Å²) in [5.74, 6) is -1.93. The molecule has 0 heterocycles. The molecule has 0 aromatic rings. The molecule has 16 heavy (non-hydrogen) atoms. The lowest BCUT2D eigenvalue weighted by molar-refractivity contribution is -0.151. The maximum Gasteiger partial charge on any atom is 0.307 e. The minimum absolute atomic E-state index is 0.0143. The van der Waals surface area contributed by atoms with Crippen molar-refractivity contribution in [2.24, 2.45) is 5.92 Å². The molecule has 0 spiro atoms. The first-order valence-electron chi connectivity index (χ1n) is 6.00. The number of carbonyl (C=O) groups is 2. The number of hydrogen-bond donors (Lipinski definition) is 1. The number of esters is 1. The van der Waals surface area contributed by atoms with Gasteiger partial charge in [0.2, 0.25) is 0 Å². The van der Waals surface area contributed by atoms with Gasteiger partial charge in [-0.3, -0.25) is 9.59 Å². The van der Waals surface area contributed by atoms with Crippen LogP contribution in [0.2, 0.25) is 0 Å². The van der Waals surface area contributed by atoms with Crippen LogP contribution < -0.4 is 0 Å². The Hall–Kier alpha value is -1.06. The summed E-state index contributed by atoms with van der Waals surface area (Å²) < 4.78 is 4.97. The number of unbranched alkanes of at least 4 members (excludes halogenated alkanes) is 3. The van der Waals surface area contributed by atoms with Crippen LogP contribution in [0.5, 0.6) is 0 Å². The van der Waals surface area contributed by atoms with Gasteiger partial charge in [-0.25, -0.2) is 0 Å². The summed E-state index contributed by atoms with van der Waals surface area (Å²) in [4.78, 5) is 21.9. The summed E-state index contributed by atoms with van der Waals surface area (Å²) in [5.41, 5.74) is 0. The fraction of sp³-hybridized carbons (Fsp3) is 0.833. The highest BCUT2D eigenvalue weighted by Gasteiger charge is 2.19. The van der Waals surface area contributed by atoms with Gasteiger partial charge < -0.3 is 9.84 Å². The van der Waals surface area contributed by atoms with Gasteiger partial charge in [0.1, 0.15) is 0 Å². The number of carboxylic acids is 1. The topological polar surface area (TPSA) is 63.6 Å². The largest absolute Gasteiger partial charge is 0.481 e. The second-order valence-electron chi connectivity index (χ2n) is 3.93. The summed E-state index contributed by atoms with van der Waals surface area (Å²) in [6.07, 6.45) is 4.65. The van der Waals surface area contributed by atoms with E-state index in [1.54, 1.807) is 6.92 Å². The summed E-state index contributed by atoms with van der Waals surface area (Å²) in [5, 5.41) is 8.76. The SMILES string of the molecule is CCCCCCOC(=O)CC(CC)C(=O)O. The Morgan fingerprint density at radius 3 is 2.38 bits per heavy atom. The Morgan fingerprint density at radius 1 is 1.19 bits per heavy atom. The lowest BCUT2D eigenvalue weighted by atomic mass is 10.0. The first-order valence-corrected chi connectivity index (χ1v) is 6.00. The molecule has 0 aromatic carbocycles. The number of aliphatic carboxylic acids is 1. The van der Waals surface area contributed by atoms with E-state index in [1.165, 1.54) is 0 Å². The van der Waals surface area contributed by atoms with E-state index in [9.17, 15) is 9.59 Å². The van der Waals surface area contributed by atoms with Crippen molar-refractivity contribution >= 4 is 11.9 Å². The number of rotatable bonds is 9. The average Bonchev–Trinajstić information content (AvgIpc) is 2.25. The third-order valence-electron chi connectivity index (χ3n) is 2.52. The maximum absolute atomic E-state index is 11.3. The van der Waals surface area contributed by atoms with Crippen molar-refractivity contribution < 1.29 is 19.4 Å². The average molecular weight is 230 g/mol. The molecule has 0 fully saturated rings. The number of carboxylic acid groups (broad SMARTS) is 1. The zero-order chi connectivity index (χ0) is 12.4. The van der Waals surface area contributed by atoms with Gasteiger partial charge >= 0.3 is 11.9 Å². The zero-order valence-corrected chi connectivity index (χ0v) is 10.2. The number of carbonyl (C=O) groups excluding carboxylic acids is 1. The Morgan fingerprint density at radius 2 is 1.88 bits per heavy atom. The molecular weight excluding hydrogens is 208 g/mol. The normalized spacial score (nSPS) is 12.1. The molecular formula is C12H22O4. The molecule has 0 aromatic heterocycles. The lowest BCUT2D eigenvalue weighted by Gasteiger charge is -2.09. The van der Waals surface area contributed by atoms with E-state index in [0.29, 0.717) is 13.0 Å². The van der Waals surface area contributed by atoms with E-state index in [2.05, 4.69) is 6.92 Å². The molecule has 0 saturated carbocycles. The van der Waals surface area contributed by atoms with Gasteiger partial charge in [0.25, 0.3) is 0 Å². The zero-order valence-electron chi connectivity index (χ0n) is 10.2. The van der Waals surface area contributed by atoms with E-state index in [4.69, 9.17) is 9.84 Å². The van der Waals surface area contributed by atoms with Gasteiger partial charge in [0.05, 0.1) is 18.9 Å². The highest BCUT2D eigenvalue weighted by molar-refractivity contribution is 5.78. The second-order valence-corrected chi connectivity index (χ2v) is 3.93. The van der Waals surface area contributed by atoms with Gasteiger partial charge in [-0.1, -0.05) is 33.1 Å². The van der Waals surface area contributed by atoms with Crippen molar-refractivity contribution in [2.45, 2.75) is 52.4 Å². The first kappa shape index (κ1) is 14.9. The van der Waals surface area contributed by atoms with Crippen molar-refractivity contribution in [2.75, 3.05) is 6.61 Å². The van der Waals surface area contributed by atoms with Crippen LogP contribution in [0.3, 0.4) is 0 Å². The summed E-state index contributed by atoms with van der Waals surface area (Å²) >= 11 is 0. The minimum Gasteiger partial charge on any atom is -0.481 e. The molecule has 4 heteroatoms. The van der Waals surface area contributed by atoms with Gasteiger partial charge in [-0.05, 0) is 12.8 Å². The molecule has 0 saturated heterocycles. The monoisotopic (exact) mass is 230 g/mol. The van der Waals surface area contributed by atoms with Crippen LogP contribution in [0.15, 0.2) is 0 Å². The Balaban J connectivity index is 3.61. The number of hydrogen-bond acceptors (Lipinski definition) is 3. The molecule has 0 bridgehead atoms. The van der Waals surface area contributed by atoms with Crippen LogP contribution in [0.25, 0.3) is 0 Å². The summed E-state index contributed by atoms with van der Waals surface area (Å²) in [6, 6.07) is 0. The predicted octanol–water partition coefficient (Wildman–Crippen LogP) is 2.61. The van der Waals surface area contributed by atoms with Gasteiger partial charge in [0.15, 0.2) is 0 Å². The van der Waals surface area contributed by atoms with E-state index in [0.717, 1.165) is 25.7 Å². The maximum atomic E-state index is 11.3. The van der Waals surface area contributed by atoms with Gasteiger partial charge in [-0.15, -0.1) is 0 Å². The van der Waals surface area contributed by atoms with Crippen molar-refractivity contribution in [1.82, 2.24) is 0 Å². The van der Waals surface area contributed by atoms with E-state index in [-0.39, 0.29) is 6.42 Å². The van der Waals surface area contributed by atoms with E-state index in [1.807, 2.05) is 0 Å². The molecule has 4 nitrogen and oxygen atoms in total. The molecule has 1 unspecified atom stereocenters. The molecule has 0 amide bonds. The van der Waals surface area contributed by atoms with E-state index >= 15 is 0 Å². The van der Waals surface area contributed by atoms with E-state index < -0.39 is 17.9 Å². The third kappa shape index (κ3) is 7.26. The van der Waals surface area contributed by atoms with Crippen LogP contribution in [-0.2, 0) is 14.3 Å². The van der Waals surface area contributed by atoms with Crippen LogP contribution in [0.1, 0.15) is 52.4 Å². The summed E-state index contributed by atoms with van der Waals surface area (Å²) in [7, 11) is 0. The molecule has 1 N–H and O–H groups in total. The smallest absolute Gasteiger partial charge is 0.307 e. The van der Waals surface area contributed by atoms with Gasteiger partial charge in [-0.2, -0.15) is 0 Å². The van der Waals surface area contributed by atoms with Crippen molar-refractivity contribution in [3.63, 3.8) is 0 Å². The first-order chi connectivity index (χ1) is 7.61. The van der Waals surface area contributed by atoms with Crippen LogP contribution in [0, 0.1) is 5.92 Å². The van der Waals surface area contributed by atoms with Crippen molar-refractivity contribution in [1.29, 1.82) is 0 Å². The van der Waals surface area contributed by atoms with Crippen LogP contribution in [0.4, 0.5) is 0 Å². The molecule has 0 rings (SSSR count). The molecule has 0 radical (unpaired) electrons. The predicted molar refractivity (Wildman–Crippen MR) is 61.1 cm³/mol.